The molecular formula is C26H25FN4O3S2. The van der Waals surface area contributed by atoms with E-state index in [9.17, 15) is 17.6 Å². The third kappa shape index (κ3) is 4.63. The smallest absolute Gasteiger partial charge is 0.247 e. The van der Waals surface area contributed by atoms with Crippen LogP contribution >= 0.6 is 11.3 Å². The maximum absolute atomic E-state index is 14.0. The van der Waals surface area contributed by atoms with Crippen molar-refractivity contribution in [2.75, 3.05) is 11.4 Å². The Kier molecular flexibility index (Phi) is 6.59. The number of nitrogens with zero attached hydrogens (tertiary/aromatic N) is 4. The van der Waals surface area contributed by atoms with Gasteiger partial charge in [0.2, 0.25) is 15.9 Å². The van der Waals surface area contributed by atoms with E-state index in [-0.39, 0.29) is 23.9 Å². The number of rotatable bonds is 6. The lowest BCUT2D eigenvalue weighted by Crippen LogP contribution is -2.47. The number of aryl methyl sites for hydroxylation is 2. The van der Waals surface area contributed by atoms with E-state index < -0.39 is 21.9 Å². The molecule has 1 aliphatic heterocycles. The lowest BCUT2D eigenvalue weighted by atomic mass is 10.1. The highest BCUT2D eigenvalue weighted by molar-refractivity contribution is 7.89. The van der Waals surface area contributed by atoms with E-state index in [0.717, 1.165) is 33.5 Å². The molecule has 1 atom stereocenters. The lowest BCUT2D eigenvalue weighted by molar-refractivity contribution is -0.121. The first kappa shape index (κ1) is 24.5. The summed E-state index contributed by atoms with van der Waals surface area (Å²) in [6.45, 7) is 4.39. The van der Waals surface area contributed by atoms with E-state index in [0.29, 0.717) is 23.7 Å². The number of hydrogen-bond donors (Lipinski definition) is 0. The summed E-state index contributed by atoms with van der Waals surface area (Å²) in [5.74, 6) is -0.872. The van der Waals surface area contributed by atoms with Crippen LogP contribution in [0.3, 0.4) is 0 Å². The second-order valence-electron chi connectivity index (χ2n) is 8.90. The molecule has 0 saturated carbocycles. The predicted octanol–water partition coefficient (Wildman–Crippen LogP) is 4.83. The van der Waals surface area contributed by atoms with Crippen molar-refractivity contribution in [3.8, 4) is 0 Å². The molecule has 2 aromatic heterocycles. The zero-order valence-corrected chi connectivity index (χ0v) is 21.5. The van der Waals surface area contributed by atoms with Gasteiger partial charge in [-0.05, 0) is 80.3 Å². The van der Waals surface area contributed by atoms with Gasteiger partial charge in [0.1, 0.15) is 11.9 Å². The first-order valence-electron chi connectivity index (χ1n) is 11.6. The molecule has 36 heavy (non-hydrogen) atoms. The van der Waals surface area contributed by atoms with E-state index >= 15 is 0 Å². The molecule has 7 nitrogen and oxygen atoms in total. The minimum atomic E-state index is -3.99. The van der Waals surface area contributed by atoms with Crippen LogP contribution in [0.2, 0.25) is 0 Å². The molecular weight excluding hydrogens is 499 g/mol. The van der Waals surface area contributed by atoms with Gasteiger partial charge in [-0.1, -0.05) is 23.5 Å². The van der Waals surface area contributed by atoms with Gasteiger partial charge in [0.25, 0.3) is 0 Å². The first-order valence-corrected chi connectivity index (χ1v) is 13.9. The summed E-state index contributed by atoms with van der Waals surface area (Å²) in [5.41, 5.74) is 3.62. The number of amides is 1. The van der Waals surface area contributed by atoms with Gasteiger partial charge in [-0.3, -0.25) is 14.7 Å². The topological polar surface area (TPSA) is 83.5 Å². The van der Waals surface area contributed by atoms with Crippen molar-refractivity contribution in [3.63, 3.8) is 0 Å². The molecule has 1 unspecified atom stereocenters. The second-order valence-corrected chi connectivity index (χ2v) is 11.8. The Labute approximate surface area is 213 Å². The van der Waals surface area contributed by atoms with E-state index in [2.05, 4.69) is 11.1 Å². The Morgan fingerprint density at radius 1 is 1.17 bits per heavy atom. The molecule has 0 aliphatic carbocycles. The molecule has 0 bridgehead atoms. The van der Waals surface area contributed by atoms with Gasteiger partial charge in [0, 0.05) is 12.7 Å². The summed E-state index contributed by atoms with van der Waals surface area (Å²) < 4.78 is 42.5. The van der Waals surface area contributed by atoms with Gasteiger partial charge >= 0.3 is 0 Å². The monoisotopic (exact) mass is 524 g/mol. The van der Waals surface area contributed by atoms with Gasteiger partial charge < -0.3 is 0 Å². The number of sulfonamides is 1. The normalized spacial score (nSPS) is 16.5. The minimum absolute atomic E-state index is 0.0361. The highest BCUT2D eigenvalue weighted by Crippen LogP contribution is 2.35. The first-order chi connectivity index (χ1) is 17.2. The van der Waals surface area contributed by atoms with Crippen molar-refractivity contribution in [1.82, 2.24) is 14.3 Å². The zero-order chi connectivity index (χ0) is 25.4. The van der Waals surface area contributed by atoms with Crippen LogP contribution < -0.4 is 4.90 Å². The Balaban J connectivity index is 1.54. The number of benzene rings is 2. The largest absolute Gasteiger partial charge is 0.281 e. The molecule has 1 fully saturated rings. The summed E-state index contributed by atoms with van der Waals surface area (Å²) in [7, 11) is -3.99. The highest BCUT2D eigenvalue weighted by atomic mass is 32.2. The van der Waals surface area contributed by atoms with Crippen LogP contribution in [0.1, 0.15) is 29.7 Å². The average Bonchev–Trinajstić information content (AvgIpc) is 3.51. The predicted molar refractivity (Wildman–Crippen MR) is 138 cm³/mol. The molecule has 4 aromatic rings. The van der Waals surface area contributed by atoms with E-state index in [1.54, 1.807) is 17.2 Å². The van der Waals surface area contributed by atoms with E-state index in [1.165, 1.54) is 27.8 Å². The number of carbonyl (C=O) groups excluding carboxylic acids is 1. The lowest BCUT2D eigenvalue weighted by Gasteiger charge is -2.28. The summed E-state index contributed by atoms with van der Waals surface area (Å²) in [5, 5.41) is 0.500. The van der Waals surface area contributed by atoms with Crippen molar-refractivity contribution in [2.45, 2.75) is 44.2 Å². The number of aromatic nitrogens is 2. The summed E-state index contributed by atoms with van der Waals surface area (Å²) >= 11 is 1.41. The molecule has 2 aromatic carbocycles. The average molecular weight is 525 g/mol. The Morgan fingerprint density at radius 3 is 2.67 bits per heavy atom. The Morgan fingerprint density at radius 2 is 1.94 bits per heavy atom. The summed E-state index contributed by atoms with van der Waals surface area (Å²) in [4.78, 5) is 24.7. The van der Waals surface area contributed by atoms with E-state index in [4.69, 9.17) is 4.98 Å². The summed E-state index contributed by atoms with van der Waals surface area (Å²) in [6, 6.07) is 13.3. The number of anilines is 1. The van der Waals surface area contributed by atoms with Crippen LogP contribution in [-0.4, -0.2) is 41.2 Å². The molecule has 5 rings (SSSR count). The summed E-state index contributed by atoms with van der Waals surface area (Å²) in [6.07, 6.45) is 2.60. The number of halogens is 1. The van der Waals surface area contributed by atoms with Gasteiger partial charge in [-0.15, -0.1) is 0 Å². The second kappa shape index (κ2) is 9.68. The Hall–Kier alpha value is -3.21. The SMILES string of the molecule is Cc1cc(C)c2sc(N(Cc3ccccn3)C(=O)C3CCCN3S(=O)(=O)c3ccc(F)cc3)nc2c1. The van der Waals surface area contributed by atoms with Crippen LogP contribution in [0.15, 0.2) is 65.7 Å². The standard InChI is InChI=1S/C26H25FN4O3S2/c1-17-14-18(2)24-22(15-17)29-26(35-24)30(16-20-6-3-4-12-28-20)25(32)23-7-5-13-31(23)36(33,34)21-10-8-19(27)9-11-21/h3-4,6,8-12,14-15,23H,5,7,13,16H2,1-2H3. The molecule has 186 valence electrons. The molecule has 0 spiro atoms. The molecule has 1 aliphatic rings. The van der Waals surface area contributed by atoms with Gasteiger partial charge in [-0.25, -0.2) is 17.8 Å². The van der Waals surface area contributed by atoms with E-state index in [1.807, 2.05) is 32.0 Å². The van der Waals surface area contributed by atoms with Crippen molar-refractivity contribution in [2.24, 2.45) is 0 Å². The van der Waals surface area contributed by atoms with Crippen LogP contribution in [-0.2, 0) is 21.4 Å². The molecule has 0 N–H and O–H groups in total. The number of hydrogen-bond acceptors (Lipinski definition) is 6. The maximum atomic E-state index is 14.0. The zero-order valence-electron chi connectivity index (χ0n) is 19.9. The van der Waals surface area contributed by atoms with Crippen LogP contribution in [0.5, 0.6) is 0 Å². The van der Waals surface area contributed by atoms with Crippen molar-refractivity contribution >= 4 is 42.6 Å². The fourth-order valence-electron chi connectivity index (χ4n) is 4.57. The molecule has 0 radical (unpaired) electrons. The third-order valence-corrected chi connectivity index (χ3v) is 9.41. The molecule has 3 heterocycles. The highest BCUT2D eigenvalue weighted by Gasteiger charge is 2.42. The number of pyridine rings is 1. The van der Waals surface area contributed by atoms with Crippen molar-refractivity contribution in [1.29, 1.82) is 0 Å². The van der Waals surface area contributed by atoms with Crippen LogP contribution in [0, 0.1) is 19.7 Å². The van der Waals surface area contributed by atoms with Crippen molar-refractivity contribution < 1.29 is 17.6 Å². The Bertz CT molecular complexity index is 1520. The number of thiazole rings is 1. The van der Waals surface area contributed by atoms with Crippen molar-refractivity contribution in [3.05, 3.63) is 83.4 Å². The van der Waals surface area contributed by atoms with Gasteiger partial charge in [0.15, 0.2) is 5.13 Å². The third-order valence-electron chi connectivity index (χ3n) is 6.26. The minimum Gasteiger partial charge on any atom is -0.281 e. The van der Waals surface area contributed by atoms with Crippen LogP contribution in [0.25, 0.3) is 10.2 Å². The maximum Gasteiger partial charge on any atom is 0.247 e. The quantitative estimate of drug-likeness (QED) is 0.361. The molecule has 10 heteroatoms. The molecule has 1 amide bonds. The van der Waals surface area contributed by atoms with Gasteiger partial charge in [-0.2, -0.15) is 4.31 Å². The fourth-order valence-corrected chi connectivity index (χ4v) is 7.24. The number of carbonyl (C=O) groups is 1. The van der Waals surface area contributed by atoms with Gasteiger partial charge in [0.05, 0.1) is 27.4 Å². The van der Waals surface area contributed by atoms with Crippen LogP contribution in [0.4, 0.5) is 9.52 Å². The number of fused-ring (bicyclic) bond motifs is 1. The molecule has 1 saturated heterocycles. The fraction of sp³-hybridized carbons (Fsp3) is 0.269.